The van der Waals surface area contributed by atoms with E-state index >= 15 is 0 Å². The Morgan fingerprint density at radius 1 is 1.42 bits per heavy atom. The lowest BCUT2D eigenvalue weighted by Gasteiger charge is -2.15. The van der Waals surface area contributed by atoms with E-state index in [2.05, 4.69) is 0 Å². The lowest BCUT2D eigenvalue weighted by Crippen LogP contribution is -2.06. The summed E-state index contributed by atoms with van der Waals surface area (Å²) in [6.07, 6.45) is 3.07. The summed E-state index contributed by atoms with van der Waals surface area (Å²) in [5, 5.41) is 28.0. The highest BCUT2D eigenvalue weighted by Gasteiger charge is 2.15. The Morgan fingerprint density at radius 2 is 2.16 bits per heavy atom. The Labute approximate surface area is 108 Å². The molecule has 0 unspecified atom stereocenters. The molecule has 1 aromatic carbocycles. The number of hydrogen-bond acceptors (Lipinski definition) is 5. The van der Waals surface area contributed by atoms with E-state index in [0.717, 1.165) is 0 Å². The fourth-order valence-corrected chi connectivity index (χ4v) is 1.65. The average Bonchev–Trinajstić information content (AvgIpc) is 2.43. The number of rotatable bonds is 2. The van der Waals surface area contributed by atoms with Gasteiger partial charge in [0.1, 0.15) is 30.1 Å². The first-order valence-electron chi connectivity index (χ1n) is 5.28. The Balaban J connectivity index is 2.42. The molecule has 0 fully saturated rings. The molecule has 0 spiro atoms. The molecular formula is C13H7N3O3. The number of ether oxygens (including phenoxy) is 1. The summed E-state index contributed by atoms with van der Waals surface area (Å²) in [6.45, 7) is 0.220. The second kappa shape index (κ2) is 5.03. The highest BCUT2D eigenvalue weighted by molar-refractivity contribution is 5.67. The fourth-order valence-electron chi connectivity index (χ4n) is 1.65. The topological polar surface area (TPSA) is 100.0 Å². The van der Waals surface area contributed by atoms with Crippen LogP contribution in [0.2, 0.25) is 0 Å². The van der Waals surface area contributed by atoms with E-state index in [-0.39, 0.29) is 17.9 Å². The standard InChI is InChI=1S/C13H7N3O3/c14-6-10(7-15)3-9-4-11-5-12(16(17)18)1-2-13(11)19-8-9/h1-5H,8H2. The molecule has 0 radical (unpaired) electrons. The molecule has 6 nitrogen and oxygen atoms in total. The van der Waals surface area contributed by atoms with Crippen LogP contribution in [-0.4, -0.2) is 11.5 Å². The average molecular weight is 253 g/mol. The quantitative estimate of drug-likeness (QED) is 0.457. The third-order valence-electron chi connectivity index (χ3n) is 2.51. The van der Waals surface area contributed by atoms with Crippen LogP contribution >= 0.6 is 0 Å². The van der Waals surface area contributed by atoms with Crippen LogP contribution in [0, 0.1) is 32.8 Å². The number of non-ortho nitro benzene ring substituents is 1. The summed E-state index contributed by atoms with van der Waals surface area (Å²) in [4.78, 5) is 10.2. The van der Waals surface area contributed by atoms with E-state index < -0.39 is 4.92 Å². The zero-order valence-electron chi connectivity index (χ0n) is 9.66. The molecule has 0 aromatic heterocycles. The van der Waals surface area contributed by atoms with E-state index in [4.69, 9.17) is 15.3 Å². The first-order valence-corrected chi connectivity index (χ1v) is 5.28. The molecule has 0 saturated carbocycles. The monoisotopic (exact) mass is 253 g/mol. The molecule has 1 aliphatic rings. The number of benzene rings is 1. The van der Waals surface area contributed by atoms with Crippen molar-refractivity contribution in [3.63, 3.8) is 0 Å². The number of nitriles is 2. The lowest BCUT2D eigenvalue weighted by molar-refractivity contribution is -0.384. The first-order chi connectivity index (χ1) is 9.13. The molecule has 92 valence electrons. The van der Waals surface area contributed by atoms with Gasteiger partial charge in [0.2, 0.25) is 0 Å². The third kappa shape index (κ3) is 2.59. The van der Waals surface area contributed by atoms with E-state index in [0.29, 0.717) is 16.9 Å². The maximum absolute atomic E-state index is 10.7. The van der Waals surface area contributed by atoms with E-state index in [1.165, 1.54) is 24.3 Å². The van der Waals surface area contributed by atoms with Gasteiger partial charge in [0.25, 0.3) is 5.69 Å². The Hall–Kier alpha value is -3.12. The van der Waals surface area contributed by atoms with Gasteiger partial charge in [-0.15, -0.1) is 0 Å². The number of fused-ring (bicyclic) bond motifs is 1. The van der Waals surface area contributed by atoms with E-state index in [9.17, 15) is 10.1 Å². The molecule has 0 aliphatic carbocycles. The maximum Gasteiger partial charge on any atom is 0.270 e. The molecule has 0 N–H and O–H groups in total. The highest BCUT2D eigenvalue weighted by Crippen LogP contribution is 2.30. The Bertz CT molecular complexity index is 674. The minimum absolute atomic E-state index is 0.0374. The SMILES string of the molecule is N#CC(C#N)=CC1=Cc2cc([N+](=O)[O-])ccc2OC1. The van der Waals surface area contributed by atoms with Crippen LogP contribution in [-0.2, 0) is 0 Å². The van der Waals surface area contributed by atoms with Crippen LogP contribution in [0.5, 0.6) is 5.75 Å². The van der Waals surface area contributed by atoms with Crippen molar-refractivity contribution in [2.24, 2.45) is 0 Å². The zero-order valence-corrected chi connectivity index (χ0v) is 9.66. The molecule has 0 bridgehead atoms. The van der Waals surface area contributed by atoms with Crippen molar-refractivity contribution < 1.29 is 9.66 Å². The van der Waals surface area contributed by atoms with E-state index in [1.54, 1.807) is 18.2 Å². The summed E-state index contributed by atoms with van der Waals surface area (Å²) in [5.74, 6) is 0.540. The summed E-state index contributed by atoms with van der Waals surface area (Å²) < 4.78 is 5.41. The second-order valence-electron chi connectivity index (χ2n) is 3.77. The summed E-state index contributed by atoms with van der Waals surface area (Å²) in [5.41, 5.74) is 1.10. The molecule has 6 heteroatoms. The van der Waals surface area contributed by atoms with E-state index in [1.807, 2.05) is 0 Å². The predicted molar refractivity (Wildman–Crippen MR) is 65.9 cm³/mol. The first kappa shape index (κ1) is 12.3. The van der Waals surface area contributed by atoms with Gasteiger partial charge < -0.3 is 4.74 Å². The van der Waals surface area contributed by atoms with Crippen LogP contribution in [0.4, 0.5) is 5.69 Å². The normalized spacial score (nSPS) is 12.0. The van der Waals surface area contributed by atoms with Crippen LogP contribution in [0.15, 0.2) is 35.4 Å². The van der Waals surface area contributed by atoms with Gasteiger partial charge in [-0.3, -0.25) is 10.1 Å². The van der Waals surface area contributed by atoms with Crippen molar-refractivity contribution in [2.45, 2.75) is 0 Å². The maximum atomic E-state index is 10.7. The number of nitro benzene ring substituents is 1. The predicted octanol–water partition coefficient (Wildman–Crippen LogP) is 2.34. The molecular weight excluding hydrogens is 246 g/mol. The zero-order chi connectivity index (χ0) is 13.8. The molecule has 0 amide bonds. The highest BCUT2D eigenvalue weighted by atomic mass is 16.6. The van der Waals surface area contributed by atoms with Crippen LogP contribution in [0.1, 0.15) is 5.56 Å². The number of nitro groups is 1. The van der Waals surface area contributed by atoms with Crippen LogP contribution in [0.3, 0.4) is 0 Å². The minimum Gasteiger partial charge on any atom is -0.488 e. The van der Waals surface area contributed by atoms with Crippen LogP contribution in [0.25, 0.3) is 6.08 Å². The molecule has 1 aromatic rings. The largest absolute Gasteiger partial charge is 0.488 e. The van der Waals surface area contributed by atoms with Gasteiger partial charge >= 0.3 is 0 Å². The number of hydrogen-bond donors (Lipinski definition) is 0. The lowest BCUT2D eigenvalue weighted by atomic mass is 10.1. The van der Waals surface area contributed by atoms with Crippen molar-refractivity contribution in [1.82, 2.24) is 0 Å². The van der Waals surface area contributed by atoms with Crippen molar-refractivity contribution in [3.8, 4) is 17.9 Å². The van der Waals surface area contributed by atoms with Crippen molar-refractivity contribution in [1.29, 1.82) is 10.5 Å². The molecule has 1 heterocycles. The molecule has 1 aliphatic heterocycles. The Kier molecular flexibility index (Phi) is 3.26. The fraction of sp³-hybridized carbons (Fsp3) is 0.0769. The smallest absolute Gasteiger partial charge is 0.270 e. The van der Waals surface area contributed by atoms with Gasteiger partial charge in [0.05, 0.1) is 4.92 Å². The van der Waals surface area contributed by atoms with Crippen LogP contribution < -0.4 is 4.74 Å². The summed E-state index contributed by atoms with van der Waals surface area (Å²) in [6, 6.07) is 7.78. The third-order valence-corrected chi connectivity index (χ3v) is 2.51. The van der Waals surface area contributed by atoms with Gasteiger partial charge in [0, 0.05) is 17.7 Å². The van der Waals surface area contributed by atoms with Crippen molar-refractivity contribution in [2.75, 3.05) is 6.61 Å². The molecule has 2 rings (SSSR count). The van der Waals surface area contributed by atoms with Gasteiger partial charge in [-0.25, -0.2) is 0 Å². The van der Waals surface area contributed by atoms with Crippen molar-refractivity contribution >= 4 is 11.8 Å². The Morgan fingerprint density at radius 3 is 2.79 bits per heavy atom. The van der Waals surface area contributed by atoms with Gasteiger partial charge in [-0.2, -0.15) is 10.5 Å². The summed E-state index contributed by atoms with van der Waals surface area (Å²) >= 11 is 0. The van der Waals surface area contributed by atoms with Gasteiger partial charge in [-0.05, 0) is 23.8 Å². The number of allylic oxidation sites excluding steroid dienone is 1. The molecule has 0 saturated heterocycles. The molecule has 19 heavy (non-hydrogen) atoms. The second-order valence-corrected chi connectivity index (χ2v) is 3.77. The van der Waals surface area contributed by atoms with Gasteiger partial charge in [-0.1, -0.05) is 0 Å². The number of nitrogens with zero attached hydrogens (tertiary/aromatic N) is 3. The van der Waals surface area contributed by atoms with Gasteiger partial charge in [0.15, 0.2) is 0 Å². The van der Waals surface area contributed by atoms with Crippen molar-refractivity contribution in [3.05, 3.63) is 51.1 Å². The minimum atomic E-state index is -0.492. The summed E-state index contributed by atoms with van der Waals surface area (Å²) in [7, 11) is 0. The molecule has 0 atom stereocenters.